The van der Waals surface area contributed by atoms with E-state index in [0.717, 1.165) is 44.6 Å². The number of para-hydroxylation sites is 1. The van der Waals surface area contributed by atoms with Crippen LogP contribution in [-0.2, 0) is 19.4 Å². The van der Waals surface area contributed by atoms with Crippen LogP contribution >= 0.6 is 0 Å². The maximum atomic E-state index is 9.69. The quantitative estimate of drug-likeness (QED) is 0.936. The molecule has 0 unspecified atom stereocenters. The highest BCUT2D eigenvalue weighted by Gasteiger charge is 2.26. The molecule has 4 rings (SSSR count). The van der Waals surface area contributed by atoms with Crippen molar-refractivity contribution in [3.8, 4) is 5.69 Å². The van der Waals surface area contributed by atoms with Gasteiger partial charge in [0.15, 0.2) is 0 Å². The average Bonchev–Trinajstić information content (AvgIpc) is 3.19. The van der Waals surface area contributed by atoms with Crippen LogP contribution < -0.4 is 0 Å². The lowest BCUT2D eigenvalue weighted by Gasteiger charge is -2.13. The molecule has 1 aromatic heterocycles. The van der Waals surface area contributed by atoms with Crippen LogP contribution in [0.4, 0.5) is 0 Å². The number of hydrogen-bond acceptors (Lipinski definition) is 3. The highest BCUT2D eigenvalue weighted by Crippen LogP contribution is 2.29. The zero-order valence-electron chi connectivity index (χ0n) is 12.2. The van der Waals surface area contributed by atoms with Crippen LogP contribution in [0.1, 0.15) is 29.8 Å². The summed E-state index contributed by atoms with van der Waals surface area (Å²) in [6.07, 6.45) is 4.24. The lowest BCUT2D eigenvalue weighted by molar-refractivity contribution is 0.174. The van der Waals surface area contributed by atoms with E-state index in [2.05, 4.69) is 33.8 Å². The van der Waals surface area contributed by atoms with E-state index in [0.29, 0.717) is 0 Å². The summed E-state index contributed by atoms with van der Waals surface area (Å²) in [7, 11) is 0. The van der Waals surface area contributed by atoms with Gasteiger partial charge in [0.1, 0.15) is 0 Å². The number of aromatic nitrogens is 2. The van der Waals surface area contributed by atoms with Crippen LogP contribution in [0.25, 0.3) is 5.69 Å². The summed E-state index contributed by atoms with van der Waals surface area (Å²) in [6, 6.07) is 10.4. The number of likely N-dealkylation sites (tertiary alicyclic amines) is 1. The molecule has 1 atom stereocenters. The number of β-amino-alcohol motifs (C(OH)–C–C–N with tert-alkyl or cyclic N) is 1. The van der Waals surface area contributed by atoms with E-state index in [1.54, 1.807) is 0 Å². The summed E-state index contributed by atoms with van der Waals surface area (Å²) in [5, 5.41) is 14.6. The van der Waals surface area contributed by atoms with Crippen molar-refractivity contribution in [1.82, 2.24) is 14.7 Å². The Bertz CT molecular complexity index is 635. The number of hydrogen-bond donors (Lipinski definition) is 1. The van der Waals surface area contributed by atoms with E-state index in [1.165, 1.54) is 23.4 Å². The van der Waals surface area contributed by atoms with Gasteiger partial charge in [-0.3, -0.25) is 4.90 Å². The van der Waals surface area contributed by atoms with Crippen LogP contribution in [0.3, 0.4) is 0 Å². The number of nitrogens with zero attached hydrogens (tertiary/aromatic N) is 3. The van der Waals surface area contributed by atoms with E-state index >= 15 is 0 Å². The van der Waals surface area contributed by atoms with Crippen molar-refractivity contribution in [3.63, 3.8) is 0 Å². The second-order valence-electron chi connectivity index (χ2n) is 6.15. The van der Waals surface area contributed by atoms with Crippen molar-refractivity contribution >= 4 is 0 Å². The third kappa shape index (κ3) is 2.39. The number of rotatable bonds is 3. The Labute approximate surface area is 125 Å². The molecular weight excluding hydrogens is 262 g/mol. The summed E-state index contributed by atoms with van der Waals surface area (Å²) < 4.78 is 2.13. The number of benzene rings is 1. The lowest BCUT2D eigenvalue weighted by Crippen LogP contribution is -2.22. The Hall–Kier alpha value is -1.65. The number of aliphatic hydroxyl groups is 1. The van der Waals surface area contributed by atoms with Gasteiger partial charge in [0.25, 0.3) is 0 Å². The average molecular weight is 283 g/mol. The molecule has 0 radical (unpaired) electrons. The summed E-state index contributed by atoms with van der Waals surface area (Å²) in [5.74, 6) is 0. The van der Waals surface area contributed by atoms with Crippen LogP contribution in [0.15, 0.2) is 30.3 Å². The molecule has 0 amide bonds. The Balaban J connectivity index is 1.66. The summed E-state index contributed by atoms with van der Waals surface area (Å²) in [5.41, 5.74) is 5.19. The first-order valence-electron chi connectivity index (χ1n) is 7.87. The van der Waals surface area contributed by atoms with Crippen LogP contribution in [0.2, 0.25) is 0 Å². The molecule has 110 valence electrons. The highest BCUT2D eigenvalue weighted by molar-refractivity contribution is 5.39. The van der Waals surface area contributed by atoms with Gasteiger partial charge in [-0.05, 0) is 43.4 Å². The van der Waals surface area contributed by atoms with Gasteiger partial charge in [-0.15, -0.1) is 0 Å². The molecule has 4 nitrogen and oxygen atoms in total. The first-order chi connectivity index (χ1) is 10.3. The van der Waals surface area contributed by atoms with E-state index < -0.39 is 0 Å². The maximum absolute atomic E-state index is 9.69. The smallest absolute Gasteiger partial charge is 0.0804 e. The minimum Gasteiger partial charge on any atom is -0.392 e. The Morgan fingerprint density at radius 1 is 1.19 bits per heavy atom. The fourth-order valence-electron chi connectivity index (χ4n) is 3.59. The summed E-state index contributed by atoms with van der Waals surface area (Å²) in [4.78, 5) is 2.32. The van der Waals surface area contributed by atoms with E-state index in [4.69, 9.17) is 5.10 Å². The SMILES string of the molecule is O[C@H]1CCN(Cc2nn(-c3ccccc3)c3c2CCC3)C1. The zero-order valence-corrected chi connectivity index (χ0v) is 12.2. The standard InChI is InChI=1S/C17H21N3O/c21-14-9-10-19(11-14)12-16-15-7-4-8-17(15)20(18-16)13-5-2-1-3-6-13/h1-3,5-6,14,21H,4,7-12H2/t14-/m0/s1. The molecular formula is C17H21N3O. The molecule has 1 fully saturated rings. The van der Waals surface area contributed by atoms with Gasteiger partial charge >= 0.3 is 0 Å². The van der Waals surface area contributed by atoms with Gasteiger partial charge in [0.05, 0.1) is 17.5 Å². The fraction of sp³-hybridized carbons (Fsp3) is 0.471. The lowest BCUT2D eigenvalue weighted by atomic mass is 10.2. The number of aliphatic hydroxyl groups excluding tert-OH is 1. The molecule has 0 bridgehead atoms. The molecule has 1 N–H and O–H groups in total. The Morgan fingerprint density at radius 3 is 2.81 bits per heavy atom. The largest absolute Gasteiger partial charge is 0.392 e. The van der Waals surface area contributed by atoms with Crippen molar-refractivity contribution in [3.05, 3.63) is 47.3 Å². The zero-order chi connectivity index (χ0) is 14.2. The predicted octanol–water partition coefficient (Wildman–Crippen LogP) is 1.93. The molecule has 1 aliphatic carbocycles. The molecule has 0 spiro atoms. The van der Waals surface area contributed by atoms with Gasteiger partial charge in [0, 0.05) is 25.3 Å². The third-order valence-corrected chi connectivity index (χ3v) is 4.64. The third-order valence-electron chi connectivity index (χ3n) is 4.64. The van der Waals surface area contributed by atoms with Crippen molar-refractivity contribution in [2.45, 2.75) is 38.3 Å². The minimum absolute atomic E-state index is 0.158. The van der Waals surface area contributed by atoms with Crippen molar-refractivity contribution in [1.29, 1.82) is 0 Å². The summed E-state index contributed by atoms with van der Waals surface area (Å²) >= 11 is 0. The topological polar surface area (TPSA) is 41.3 Å². The normalized spacial score (nSPS) is 21.9. The molecule has 2 heterocycles. The maximum Gasteiger partial charge on any atom is 0.0804 e. The van der Waals surface area contributed by atoms with E-state index in [1.807, 2.05) is 6.07 Å². The summed E-state index contributed by atoms with van der Waals surface area (Å²) in [6.45, 7) is 2.64. The van der Waals surface area contributed by atoms with Crippen molar-refractivity contribution in [2.75, 3.05) is 13.1 Å². The van der Waals surface area contributed by atoms with Crippen LogP contribution in [0.5, 0.6) is 0 Å². The van der Waals surface area contributed by atoms with Gasteiger partial charge < -0.3 is 5.11 Å². The van der Waals surface area contributed by atoms with Gasteiger partial charge in [0.2, 0.25) is 0 Å². The van der Waals surface area contributed by atoms with E-state index in [-0.39, 0.29) is 6.10 Å². The molecule has 1 saturated heterocycles. The fourth-order valence-corrected chi connectivity index (χ4v) is 3.59. The molecule has 2 aliphatic rings. The van der Waals surface area contributed by atoms with Crippen LogP contribution in [0, 0.1) is 0 Å². The second kappa shape index (κ2) is 5.28. The van der Waals surface area contributed by atoms with E-state index in [9.17, 15) is 5.11 Å². The molecule has 1 aromatic carbocycles. The first-order valence-corrected chi connectivity index (χ1v) is 7.87. The van der Waals surface area contributed by atoms with Gasteiger partial charge in [-0.2, -0.15) is 5.10 Å². The van der Waals surface area contributed by atoms with Crippen molar-refractivity contribution < 1.29 is 5.11 Å². The Kier molecular flexibility index (Phi) is 3.28. The molecule has 2 aromatic rings. The number of fused-ring (bicyclic) bond motifs is 1. The van der Waals surface area contributed by atoms with Gasteiger partial charge in [-0.25, -0.2) is 4.68 Å². The van der Waals surface area contributed by atoms with Crippen LogP contribution in [-0.4, -0.2) is 39.0 Å². The Morgan fingerprint density at radius 2 is 2.05 bits per heavy atom. The molecule has 0 saturated carbocycles. The molecule has 1 aliphatic heterocycles. The highest BCUT2D eigenvalue weighted by atomic mass is 16.3. The van der Waals surface area contributed by atoms with Gasteiger partial charge in [-0.1, -0.05) is 18.2 Å². The van der Waals surface area contributed by atoms with Crippen molar-refractivity contribution in [2.24, 2.45) is 0 Å². The molecule has 4 heteroatoms. The monoisotopic (exact) mass is 283 g/mol. The first kappa shape index (κ1) is 13.0. The second-order valence-corrected chi connectivity index (χ2v) is 6.15. The predicted molar refractivity (Wildman–Crippen MR) is 81.5 cm³/mol. The molecule has 21 heavy (non-hydrogen) atoms. The minimum atomic E-state index is -0.158.